The number of rotatable bonds is 6. The van der Waals surface area contributed by atoms with E-state index < -0.39 is 0 Å². The summed E-state index contributed by atoms with van der Waals surface area (Å²) >= 11 is 3.51. The van der Waals surface area contributed by atoms with Crippen molar-refractivity contribution >= 4 is 52.6 Å². The molecule has 0 aliphatic carbocycles. The normalized spacial score (nSPS) is 11.9. The average Bonchev–Trinajstić information content (AvgIpc) is 3.19. The summed E-state index contributed by atoms with van der Waals surface area (Å²) in [6.07, 6.45) is 0.993. The Kier molecular flexibility index (Phi) is 8.49. The second-order valence-electron chi connectivity index (χ2n) is 5.73. The van der Waals surface area contributed by atoms with Crippen LogP contribution in [0.3, 0.4) is 0 Å². The zero-order valence-corrected chi connectivity index (χ0v) is 18.0. The van der Waals surface area contributed by atoms with Crippen LogP contribution in [0, 0.1) is 0 Å². The third-order valence-electron chi connectivity index (χ3n) is 3.45. The highest BCUT2D eigenvalue weighted by Gasteiger charge is 2.21. The van der Waals surface area contributed by atoms with E-state index in [-0.39, 0.29) is 29.4 Å². The van der Waals surface area contributed by atoms with Crippen molar-refractivity contribution in [2.75, 3.05) is 13.6 Å². The first-order chi connectivity index (χ1) is 10.5. The Balaban J connectivity index is 0.00000264. The summed E-state index contributed by atoms with van der Waals surface area (Å²) in [5.74, 6) is 0.815. The van der Waals surface area contributed by atoms with Crippen molar-refractivity contribution in [1.82, 2.24) is 15.6 Å². The van der Waals surface area contributed by atoms with Gasteiger partial charge in [0.2, 0.25) is 0 Å². The van der Waals surface area contributed by atoms with Gasteiger partial charge >= 0.3 is 0 Å². The molecule has 0 saturated heterocycles. The Morgan fingerprint density at radius 3 is 2.65 bits per heavy atom. The summed E-state index contributed by atoms with van der Waals surface area (Å²) in [7, 11) is 1.80. The van der Waals surface area contributed by atoms with Crippen molar-refractivity contribution in [3.63, 3.8) is 0 Å². The summed E-state index contributed by atoms with van der Waals surface area (Å²) in [6, 6.07) is 4.28. The molecule has 0 atom stereocenters. The van der Waals surface area contributed by atoms with Gasteiger partial charge in [0.1, 0.15) is 0 Å². The fourth-order valence-corrected chi connectivity index (χ4v) is 3.64. The van der Waals surface area contributed by atoms with E-state index in [4.69, 9.17) is 0 Å². The molecule has 2 N–H and O–H groups in total. The van der Waals surface area contributed by atoms with Crippen LogP contribution in [0.25, 0.3) is 0 Å². The zero-order valence-electron chi connectivity index (χ0n) is 14.0. The topological polar surface area (TPSA) is 49.3 Å². The minimum absolute atomic E-state index is 0. The SMILES string of the molecule is CCc1nc(CNC(=NC)NCC(C)(C)c2cccs2)cs1.I. The Bertz CT molecular complexity index is 605. The van der Waals surface area contributed by atoms with E-state index in [2.05, 4.69) is 64.3 Å². The highest BCUT2D eigenvalue weighted by molar-refractivity contribution is 14.0. The number of aryl methyl sites for hydroxylation is 1. The fourth-order valence-electron chi connectivity index (χ4n) is 2.04. The van der Waals surface area contributed by atoms with Gasteiger partial charge in [-0.05, 0) is 17.9 Å². The molecule has 2 rings (SSSR count). The molecule has 0 unspecified atom stereocenters. The Morgan fingerprint density at radius 1 is 1.30 bits per heavy atom. The van der Waals surface area contributed by atoms with Crippen LogP contribution in [0.15, 0.2) is 27.9 Å². The van der Waals surface area contributed by atoms with Crippen LogP contribution in [-0.2, 0) is 18.4 Å². The summed E-state index contributed by atoms with van der Waals surface area (Å²) in [4.78, 5) is 10.2. The average molecular weight is 464 g/mol. The van der Waals surface area contributed by atoms with Crippen LogP contribution in [0.2, 0.25) is 0 Å². The van der Waals surface area contributed by atoms with Gasteiger partial charge in [-0.3, -0.25) is 4.99 Å². The molecule has 0 amide bonds. The maximum Gasteiger partial charge on any atom is 0.191 e. The smallest absolute Gasteiger partial charge is 0.191 e. The van der Waals surface area contributed by atoms with Crippen molar-refractivity contribution in [2.24, 2.45) is 4.99 Å². The molecule has 0 fully saturated rings. The Morgan fingerprint density at radius 2 is 2.09 bits per heavy atom. The number of hydrogen-bond donors (Lipinski definition) is 2. The van der Waals surface area contributed by atoms with Gasteiger partial charge in [-0.25, -0.2) is 4.98 Å². The van der Waals surface area contributed by atoms with E-state index >= 15 is 0 Å². The molecule has 7 heteroatoms. The lowest BCUT2D eigenvalue weighted by Gasteiger charge is -2.25. The van der Waals surface area contributed by atoms with Gasteiger partial charge in [-0.1, -0.05) is 26.8 Å². The number of thiophene rings is 1. The second kappa shape index (κ2) is 9.58. The van der Waals surface area contributed by atoms with Gasteiger partial charge in [0, 0.05) is 29.3 Å². The summed E-state index contributed by atoms with van der Waals surface area (Å²) in [6.45, 7) is 8.16. The number of halogens is 1. The molecule has 0 saturated carbocycles. The molecule has 0 aromatic carbocycles. The number of nitrogens with zero attached hydrogens (tertiary/aromatic N) is 2. The lowest BCUT2D eigenvalue weighted by atomic mass is 9.91. The van der Waals surface area contributed by atoms with Crippen LogP contribution in [-0.4, -0.2) is 24.5 Å². The van der Waals surface area contributed by atoms with Crippen LogP contribution >= 0.6 is 46.7 Å². The number of aromatic nitrogens is 1. The monoisotopic (exact) mass is 464 g/mol. The number of aliphatic imine (C=N–C) groups is 1. The molecule has 2 aromatic heterocycles. The van der Waals surface area contributed by atoms with Crippen LogP contribution in [0.1, 0.15) is 36.3 Å². The van der Waals surface area contributed by atoms with E-state index in [1.165, 1.54) is 9.88 Å². The lowest BCUT2D eigenvalue weighted by molar-refractivity contribution is 0.518. The van der Waals surface area contributed by atoms with Crippen molar-refractivity contribution in [1.29, 1.82) is 0 Å². The minimum atomic E-state index is 0. The maximum absolute atomic E-state index is 4.56. The highest BCUT2D eigenvalue weighted by atomic mass is 127. The largest absolute Gasteiger partial charge is 0.356 e. The van der Waals surface area contributed by atoms with Gasteiger partial charge in [0.15, 0.2) is 5.96 Å². The molecule has 0 bridgehead atoms. The highest BCUT2D eigenvalue weighted by Crippen LogP contribution is 2.26. The molecule has 0 aliphatic heterocycles. The third kappa shape index (κ3) is 6.04. The minimum Gasteiger partial charge on any atom is -0.356 e. The van der Waals surface area contributed by atoms with E-state index in [0.717, 1.165) is 24.6 Å². The van der Waals surface area contributed by atoms with E-state index in [1.54, 1.807) is 29.7 Å². The van der Waals surface area contributed by atoms with Crippen LogP contribution in [0.5, 0.6) is 0 Å². The van der Waals surface area contributed by atoms with Crippen molar-refractivity contribution in [3.8, 4) is 0 Å². The Labute approximate surface area is 163 Å². The number of nitrogens with one attached hydrogen (secondary N) is 2. The lowest BCUT2D eigenvalue weighted by Crippen LogP contribution is -2.43. The van der Waals surface area contributed by atoms with Crippen molar-refractivity contribution in [3.05, 3.63) is 38.5 Å². The van der Waals surface area contributed by atoms with Gasteiger partial charge in [0.25, 0.3) is 0 Å². The Hall–Kier alpha value is -0.670. The first-order valence-electron chi connectivity index (χ1n) is 7.47. The molecular weight excluding hydrogens is 439 g/mol. The van der Waals surface area contributed by atoms with E-state index in [9.17, 15) is 0 Å². The molecule has 0 spiro atoms. The van der Waals surface area contributed by atoms with Crippen LogP contribution in [0.4, 0.5) is 0 Å². The predicted octanol–water partition coefficient (Wildman–Crippen LogP) is 4.03. The van der Waals surface area contributed by atoms with E-state index in [1.807, 2.05) is 0 Å². The summed E-state index contributed by atoms with van der Waals surface area (Å²) in [5.41, 5.74) is 1.16. The van der Waals surface area contributed by atoms with Gasteiger partial charge in [0.05, 0.1) is 17.2 Å². The number of thiazole rings is 1. The number of hydrogen-bond acceptors (Lipinski definition) is 4. The van der Waals surface area contributed by atoms with E-state index in [0.29, 0.717) is 6.54 Å². The summed E-state index contributed by atoms with van der Waals surface area (Å²) < 4.78 is 0. The molecular formula is C16H25IN4S2. The second-order valence-corrected chi connectivity index (χ2v) is 7.62. The van der Waals surface area contributed by atoms with Gasteiger partial charge in [-0.15, -0.1) is 46.7 Å². The van der Waals surface area contributed by atoms with Crippen molar-refractivity contribution in [2.45, 2.75) is 39.2 Å². The van der Waals surface area contributed by atoms with Gasteiger partial charge in [-0.2, -0.15) is 0 Å². The summed E-state index contributed by atoms with van der Waals surface area (Å²) in [5, 5.41) is 12.1. The first-order valence-corrected chi connectivity index (χ1v) is 9.23. The maximum atomic E-state index is 4.56. The fraction of sp³-hybridized carbons (Fsp3) is 0.500. The molecule has 4 nitrogen and oxygen atoms in total. The van der Waals surface area contributed by atoms with Gasteiger partial charge < -0.3 is 10.6 Å². The molecule has 2 aromatic rings. The molecule has 128 valence electrons. The molecule has 0 aliphatic rings. The molecule has 0 radical (unpaired) electrons. The quantitative estimate of drug-likeness (QED) is 0.386. The molecule has 23 heavy (non-hydrogen) atoms. The number of guanidine groups is 1. The van der Waals surface area contributed by atoms with Crippen LogP contribution < -0.4 is 10.6 Å². The molecule has 2 heterocycles. The first kappa shape index (κ1) is 20.4. The zero-order chi connectivity index (χ0) is 16.0. The van der Waals surface area contributed by atoms with Crippen molar-refractivity contribution < 1.29 is 0 Å². The third-order valence-corrected chi connectivity index (χ3v) is 5.73. The standard InChI is InChI=1S/C16H24N4S2.HI/c1-5-14-20-12(10-22-14)9-18-15(17-4)19-11-16(2,3)13-7-6-8-21-13;/h6-8,10H,5,9,11H2,1-4H3,(H2,17,18,19);1H. The predicted molar refractivity (Wildman–Crippen MR) is 112 cm³/mol.